The van der Waals surface area contributed by atoms with Gasteiger partial charge in [-0.25, -0.2) is 4.98 Å². The zero-order valence-electron chi connectivity index (χ0n) is 13.4. The zero-order valence-corrected chi connectivity index (χ0v) is 15.0. The van der Waals surface area contributed by atoms with Crippen LogP contribution in [0.5, 0.6) is 0 Å². The highest BCUT2D eigenvalue weighted by atomic mass is 35.5. The fraction of sp³-hybridized carbons (Fsp3) is 0.333. The Morgan fingerprint density at radius 1 is 1.21 bits per heavy atom. The van der Waals surface area contributed by atoms with Gasteiger partial charge in [-0.3, -0.25) is 0 Å². The lowest BCUT2D eigenvalue weighted by Crippen LogP contribution is -2.26. The second-order valence-electron chi connectivity index (χ2n) is 6.06. The zero-order chi connectivity index (χ0) is 16.5. The molecule has 124 valence electrons. The summed E-state index contributed by atoms with van der Waals surface area (Å²) >= 11 is 7.73. The predicted molar refractivity (Wildman–Crippen MR) is 97.6 cm³/mol. The maximum atomic E-state index is 5.99. The molecule has 24 heavy (non-hydrogen) atoms. The molecule has 6 heteroatoms. The third kappa shape index (κ3) is 2.99. The summed E-state index contributed by atoms with van der Waals surface area (Å²) in [6, 6.07) is 7.66. The van der Waals surface area contributed by atoms with E-state index in [2.05, 4.69) is 15.9 Å². The minimum Gasteiger partial charge on any atom is -0.360 e. The Morgan fingerprint density at radius 2 is 1.96 bits per heavy atom. The number of hydrogen-bond donors (Lipinski definition) is 1. The van der Waals surface area contributed by atoms with Crippen molar-refractivity contribution in [2.45, 2.75) is 25.7 Å². The summed E-state index contributed by atoms with van der Waals surface area (Å²) in [6.45, 7) is 4.08. The van der Waals surface area contributed by atoms with Crippen molar-refractivity contribution < 1.29 is 4.52 Å². The number of nitrogens with one attached hydrogen (secondary N) is 1. The van der Waals surface area contributed by atoms with Gasteiger partial charge in [-0.05, 0) is 45.0 Å². The van der Waals surface area contributed by atoms with Gasteiger partial charge in [0.15, 0.2) is 0 Å². The molecule has 4 nitrogen and oxygen atoms in total. The Morgan fingerprint density at radius 3 is 2.71 bits per heavy atom. The van der Waals surface area contributed by atoms with Crippen molar-refractivity contribution in [3.05, 3.63) is 45.4 Å². The fourth-order valence-electron chi connectivity index (χ4n) is 3.14. The maximum Gasteiger partial charge on any atom is 0.143 e. The van der Waals surface area contributed by atoms with Crippen molar-refractivity contribution in [3.63, 3.8) is 0 Å². The van der Waals surface area contributed by atoms with E-state index in [9.17, 15) is 0 Å². The number of nitrogens with zero attached hydrogens (tertiary/aromatic N) is 2. The van der Waals surface area contributed by atoms with Crippen LogP contribution in [0, 0.1) is 6.92 Å². The molecule has 0 atom stereocenters. The number of aromatic nitrogens is 2. The lowest BCUT2D eigenvalue weighted by Gasteiger charge is -2.20. The molecule has 0 spiro atoms. The highest BCUT2D eigenvalue weighted by Gasteiger charge is 2.22. The van der Waals surface area contributed by atoms with Gasteiger partial charge in [0.2, 0.25) is 0 Å². The van der Waals surface area contributed by atoms with Gasteiger partial charge in [0.05, 0.1) is 16.3 Å². The Hall–Kier alpha value is -1.69. The minimum absolute atomic E-state index is 0.559. The Bertz CT molecular complexity index is 834. The summed E-state index contributed by atoms with van der Waals surface area (Å²) in [7, 11) is 0. The summed E-state index contributed by atoms with van der Waals surface area (Å²) in [5.41, 5.74) is 3.75. The van der Waals surface area contributed by atoms with E-state index in [4.69, 9.17) is 21.1 Å². The number of thiazole rings is 1. The van der Waals surface area contributed by atoms with E-state index in [-0.39, 0.29) is 0 Å². The number of piperidine rings is 1. The van der Waals surface area contributed by atoms with Crippen molar-refractivity contribution in [1.82, 2.24) is 15.5 Å². The van der Waals surface area contributed by atoms with Gasteiger partial charge in [0.1, 0.15) is 11.5 Å². The molecular weight excluding hydrogens is 342 g/mol. The van der Waals surface area contributed by atoms with Gasteiger partial charge >= 0.3 is 0 Å². The molecule has 1 aliphatic heterocycles. The summed E-state index contributed by atoms with van der Waals surface area (Å²) in [5.74, 6) is 1.35. The van der Waals surface area contributed by atoms with Crippen LogP contribution in [0.15, 0.2) is 34.2 Å². The fourth-order valence-corrected chi connectivity index (χ4v) is 4.25. The summed E-state index contributed by atoms with van der Waals surface area (Å²) in [6.07, 6.45) is 2.30. The summed E-state index contributed by atoms with van der Waals surface area (Å²) in [5, 5.41) is 11.7. The molecule has 1 aromatic carbocycles. The van der Waals surface area contributed by atoms with Crippen molar-refractivity contribution in [1.29, 1.82) is 0 Å². The number of hydrogen-bond acceptors (Lipinski definition) is 5. The molecule has 0 radical (unpaired) electrons. The standard InChI is InChI=1S/C18H18ClN3OS/c1-11-16(17(22-23-11)12-2-4-14(19)5-3-12)15-10-24-18(21-15)13-6-8-20-9-7-13/h2-5,10,13,20H,6-9H2,1H3. The van der Waals surface area contributed by atoms with Crippen LogP contribution in [0.4, 0.5) is 0 Å². The molecule has 1 saturated heterocycles. The number of benzene rings is 1. The van der Waals surface area contributed by atoms with E-state index in [1.807, 2.05) is 31.2 Å². The monoisotopic (exact) mass is 359 g/mol. The van der Waals surface area contributed by atoms with Gasteiger partial charge in [0.25, 0.3) is 0 Å². The first kappa shape index (κ1) is 15.8. The normalized spacial score (nSPS) is 15.8. The Labute approximate surface area is 149 Å². The highest BCUT2D eigenvalue weighted by molar-refractivity contribution is 7.10. The summed E-state index contributed by atoms with van der Waals surface area (Å²) < 4.78 is 5.46. The largest absolute Gasteiger partial charge is 0.360 e. The molecule has 0 saturated carbocycles. The smallest absolute Gasteiger partial charge is 0.143 e. The second-order valence-corrected chi connectivity index (χ2v) is 7.39. The average Bonchev–Trinajstić information content (AvgIpc) is 3.23. The van der Waals surface area contributed by atoms with Crippen molar-refractivity contribution in [2.24, 2.45) is 0 Å². The predicted octanol–water partition coefficient (Wildman–Crippen LogP) is 4.89. The molecule has 3 heterocycles. The topological polar surface area (TPSA) is 51.0 Å². The lowest BCUT2D eigenvalue weighted by atomic mass is 9.99. The van der Waals surface area contributed by atoms with E-state index in [0.29, 0.717) is 10.9 Å². The van der Waals surface area contributed by atoms with Crippen LogP contribution in [0.1, 0.15) is 29.5 Å². The van der Waals surface area contributed by atoms with Gasteiger partial charge in [-0.1, -0.05) is 28.9 Å². The van der Waals surface area contributed by atoms with Crippen LogP contribution in [0.2, 0.25) is 5.02 Å². The Balaban J connectivity index is 1.70. The van der Waals surface area contributed by atoms with Gasteiger partial charge in [-0.15, -0.1) is 11.3 Å². The first-order valence-electron chi connectivity index (χ1n) is 8.11. The van der Waals surface area contributed by atoms with Crippen LogP contribution < -0.4 is 5.32 Å². The maximum absolute atomic E-state index is 5.99. The van der Waals surface area contributed by atoms with Crippen LogP contribution in [0.3, 0.4) is 0 Å². The third-order valence-corrected chi connectivity index (χ3v) is 5.71. The molecule has 1 aliphatic rings. The first-order chi connectivity index (χ1) is 11.7. The lowest BCUT2D eigenvalue weighted by molar-refractivity contribution is 0.400. The van der Waals surface area contributed by atoms with Crippen molar-refractivity contribution >= 4 is 22.9 Å². The molecule has 0 bridgehead atoms. The number of aryl methyl sites for hydroxylation is 1. The SMILES string of the molecule is Cc1onc(-c2ccc(Cl)cc2)c1-c1csc(C2CCNCC2)n1. The van der Waals surface area contributed by atoms with E-state index in [0.717, 1.165) is 54.2 Å². The molecule has 1 N–H and O–H groups in total. The molecular formula is C18H18ClN3OS. The van der Waals surface area contributed by atoms with Crippen LogP contribution in [-0.4, -0.2) is 23.2 Å². The van der Waals surface area contributed by atoms with E-state index in [1.165, 1.54) is 5.01 Å². The quantitative estimate of drug-likeness (QED) is 0.723. The molecule has 0 unspecified atom stereocenters. The Kier molecular flexibility index (Phi) is 4.39. The third-order valence-electron chi connectivity index (χ3n) is 4.45. The highest BCUT2D eigenvalue weighted by Crippen LogP contribution is 2.37. The minimum atomic E-state index is 0.559. The summed E-state index contributed by atoms with van der Waals surface area (Å²) in [4.78, 5) is 4.91. The molecule has 0 aliphatic carbocycles. The van der Waals surface area contributed by atoms with Crippen LogP contribution in [-0.2, 0) is 0 Å². The molecule has 0 amide bonds. The average molecular weight is 360 g/mol. The van der Waals surface area contributed by atoms with E-state index < -0.39 is 0 Å². The second kappa shape index (κ2) is 6.67. The molecule has 4 rings (SSSR count). The van der Waals surface area contributed by atoms with Gasteiger partial charge in [0, 0.05) is 21.9 Å². The van der Waals surface area contributed by atoms with E-state index >= 15 is 0 Å². The van der Waals surface area contributed by atoms with Crippen molar-refractivity contribution in [2.75, 3.05) is 13.1 Å². The van der Waals surface area contributed by atoms with E-state index in [1.54, 1.807) is 11.3 Å². The molecule has 2 aromatic heterocycles. The van der Waals surface area contributed by atoms with Gasteiger partial charge < -0.3 is 9.84 Å². The van der Waals surface area contributed by atoms with Crippen molar-refractivity contribution in [3.8, 4) is 22.5 Å². The number of rotatable bonds is 3. The molecule has 1 fully saturated rings. The van der Waals surface area contributed by atoms with Crippen LogP contribution in [0.25, 0.3) is 22.5 Å². The van der Waals surface area contributed by atoms with Gasteiger partial charge in [-0.2, -0.15) is 0 Å². The molecule has 3 aromatic rings. The first-order valence-corrected chi connectivity index (χ1v) is 9.37. The van der Waals surface area contributed by atoms with Crippen LogP contribution >= 0.6 is 22.9 Å². The number of halogens is 1.